The molecular formula is C24H28N2O4S3. The zero-order chi connectivity index (χ0) is 23.4. The summed E-state index contributed by atoms with van der Waals surface area (Å²) in [4.78, 5) is 21.1. The molecule has 0 bridgehead atoms. The Hall–Kier alpha value is -1.94. The molecule has 0 spiro atoms. The van der Waals surface area contributed by atoms with E-state index in [-0.39, 0.29) is 16.9 Å². The lowest BCUT2D eigenvalue weighted by atomic mass is 10.2. The quantitative estimate of drug-likeness (QED) is 0.298. The van der Waals surface area contributed by atoms with Crippen LogP contribution >= 0.6 is 23.1 Å². The number of carbonyl (C=O) groups is 1. The van der Waals surface area contributed by atoms with Crippen LogP contribution in [0.15, 0.2) is 52.3 Å². The maximum atomic E-state index is 13.2. The van der Waals surface area contributed by atoms with Crippen molar-refractivity contribution < 1.29 is 17.9 Å². The zero-order valence-corrected chi connectivity index (χ0v) is 21.3. The minimum atomic E-state index is -3.30. The number of anilines is 1. The number of amides is 1. The number of rotatable bonds is 9. The fraction of sp³-hybridized carbons (Fsp3) is 0.417. The van der Waals surface area contributed by atoms with Gasteiger partial charge in [0.2, 0.25) is 5.91 Å². The van der Waals surface area contributed by atoms with Gasteiger partial charge in [-0.2, -0.15) is 0 Å². The first kappa shape index (κ1) is 24.2. The Morgan fingerprint density at radius 3 is 2.73 bits per heavy atom. The summed E-state index contributed by atoms with van der Waals surface area (Å²) in [5.41, 5.74) is 1.93. The molecule has 4 rings (SSSR count). The Balaban J connectivity index is 1.47. The average molecular weight is 505 g/mol. The molecule has 0 N–H and O–H groups in total. The van der Waals surface area contributed by atoms with Gasteiger partial charge in [0, 0.05) is 24.2 Å². The van der Waals surface area contributed by atoms with Gasteiger partial charge < -0.3 is 4.74 Å². The van der Waals surface area contributed by atoms with Gasteiger partial charge in [-0.3, -0.25) is 9.69 Å². The Morgan fingerprint density at radius 2 is 2.03 bits per heavy atom. The number of hydrogen-bond donors (Lipinski definition) is 0. The van der Waals surface area contributed by atoms with Gasteiger partial charge in [-0.1, -0.05) is 29.0 Å². The van der Waals surface area contributed by atoms with Crippen LogP contribution in [-0.2, 0) is 19.4 Å². The van der Waals surface area contributed by atoms with Gasteiger partial charge in [-0.05, 0) is 62.3 Å². The van der Waals surface area contributed by atoms with Crippen molar-refractivity contribution in [1.82, 2.24) is 4.98 Å². The van der Waals surface area contributed by atoms with Crippen molar-refractivity contribution in [3.05, 3.63) is 48.0 Å². The maximum absolute atomic E-state index is 13.2. The van der Waals surface area contributed by atoms with Gasteiger partial charge in [0.1, 0.15) is 0 Å². The molecule has 0 aliphatic carbocycles. The molecule has 0 radical (unpaired) electrons. The minimum Gasteiger partial charge on any atom is -0.376 e. The van der Waals surface area contributed by atoms with Crippen molar-refractivity contribution in [1.29, 1.82) is 0 Å². The third-order valence-corrected chi connectivity index (χ3v) is 8.79. The summed E-state index contributed by atoms with van der Waals surface area (Å²) in [5, 5.41) is 0.599. The fourth-order valence-electron chi connectivity index (χ4n) is 3.70. The number of thioether (sulfide) groups is 1. The zero-order valence-electron chi connectivity index (χ0n) is 18.8. The molecule has 176 valence electrons. The lowest BCUT2D eigenvalue weighted by Crippen LogP contribution is -2.37. The van der Waals surface area contributed by atoms with Gasteiger partial charge in [0.15, 0.2) is 15.0 Å². The summed E-state index contributed by atoms with van der Waals surface area (Å²) >= 11 is 3.11. The highest BCUT2D eigenvalue weighted by Crippen LogP contribution is 2.32. The Bertz CT molecular complexity index is 1220. The molecule has 2 heterocycles. The van der Waals surface area contributed by atoms with Crippen molar-refractivity contribution in [2.24, 2.45) is 0 Å². The average Bonchev–Trinajstić information content (AvgIpc) is 3.44. The highest BCUT2D eigenvalue weighted by atomic mass is 32.2. The molecule has 33 heavy (non-hydrogen) atoms. The summed E-state index contributed by atoms with van der Waals surface area (Å²) in [7, 11) is -3.30. The standard InChI is InChI=1S/C24H28N2O4S3/c1-17-7-9-19(10-8-17)31-14-4-6-23(27)26(16-18-5-3-13-30-18)24-25-21-12-11-20(33(2,28)29)15-22(21)32-24/h7-12,15,18H,3-6,13-14,16H2,1-2H3. The number of sulfone groups is 1. The molecule has 6 nitrogen and oxygen atoms in total. The first-order valence-corrected chi connectivity index (χ1v) is 14.7. The summed E-state index contributed by atoms with van der Waals surface area (Å²) in [6.07, 6.45) is 4.32. The van der Waals surface area contributed by atoms with Gasteiger partial charge in [0.05, 0.1) is 27.8 Å². The third kappa shape index (κ3) is 6.35. The number of hydrogen-bond acceptors (Lipinski definition) is 7. The Kier molecular flexibility index (Phi) is 7.73. The molecule has 9 heteroatoms. The van der Waals surface area contributed by atoms with E-state index in [2.05, 4.69) is 36.2 Å². The number of thiazole rings is 1. The van der Waals surface area contributed by atoms with Crippen LogP contribution in [0.5, 0.6) is 0 Å². The second-order valence-electron chi connectivity index (χ2n) is 8.30. The van der Waals surface area contributed by atoms with Gasteiger partial charge in [-0.15, -0.1) is 11.8 Å². The van der Waals surface area contributed by atoms with E-state index in [0.717, 1.165) is 36.3 Å². The van der Waals surface area contributed by atoms with Gasteiger partial charge in [-0.25, -0.2) is 13.4 Å². The number of carbonyl (C=O) groups excluding carboxylic acids is 1. The summed E-state index contributed by atoms with van der Waals surface area (Å²) in [6.45, 7) is 3.26. The molecule has 1 aliphatic rings. The monoisotopic (exact) mass is 504 g/mol. The predicted octanol–water partition coefficient (Wildman–Crippen LogP) is 5.09. The van der Waals surface area contributed by atoms with Crippen molar-refractivity contribution >= 4 is 54.2 Å². The molecule has 1 atom stereocenters. The van der Waals surface area contributed by atoms with E-state index in [4.69, 9.17) is 4.74 Å². The molecule has 3 aromatic rings. The van der Waals surface area contributed by atoms with E-state index in [0.29, 0.717) is 23.6 Å². The SMILES string of the molecule is Cc1ccc(SCCCC(=O)N(CC2CCCO2)c2nc3ccc(S(C)(=O)=O)cc3s2)cc1. The number of aromatic nitrogens is 1. The lowest BCUT2D eigenvalue weighted by Gasteiger charge is -2.23. The predicted molar refractivity (Wildman–Crippen MR) is 135 cm³/mol. The van der Waals surface area contributed by atoms with Crippen LogP contribution in [-0.4, -0.2) is 50.6 Å². The van der Waals surface area contributed by atoms with Crippen LogP contribution < -0.4 is 4.90 Å². The second-order valence-corrected chi connectivity index (χ2v) is 12.5. The van der Waals surface area contributed by atoms with E-state index in [1.165, 1.54) is 28.1 Å². The van der Waals surface area contributed by atoms with E-state index in [1.54, 1.807) is 34.9 Å². The molecule has 0 saturated carbocycles. The smallest absolute Gasteiger partial charge is 0.228 e. The highest BCUT2D eigenvalue weighted by molar-refractivity contribution is 7.99. The number of nitrogens with zero attached hydrogens (tertiary/aromatic N) is 2. The Labute approximate surface area is 203 Å². The molecule has 2 aromatic carbocycles. The third-order valence-electron chi connectivity index (χ3n) is 5.54. The van der Waals surface area contributed by atoms with Crippen LogP contribution in [0.3, 0.4) is 0 Å². The van der Waals surface area contributed by atoms with Crippen LogP contribution in [0.2, 0.25) is 0 Å². The number of aryl methyl sites for hydroxylation is 1. The van der Waals surface area contributed by atoms with Crippen LogP contribution in [0.4, 0.5) is 5.13 Å². The second kappa shape index (κ2) is 10.5. The molecule has 1 aliphatic heterocycles. The first-order chi connectivity index (χ1) is 15.8. The summed E-state index contributed by atoms with van der Waals surface area (Å²) in [6, 6.07) is 13.3. The van der Waals surface area contributed by atoms with Crippen molar-refractivity contribution in [3.63, 3.8) is 0 Å². The minimum absolute atomic E-state index is 0.00877. The number of ether oxygens (including phenoxy) is 1. The molecule has 1 aromatic heterocycles. The fourth-order valence-corrected chi connectivity index (χ4v) is 6.31. The maximum Gasteiger partial charge on any atom is 0.228 e. The number of fused-ring (bicyclic) bond motifs is 1. The van der Waals surface area contributed by atoms with Crippen molar-refractivity contribution in [2.75, 3.05) is 30.1 Å². The summed E-state index contributed by atoms with van der Waals surface area (Å²) < 4.78 is 30.4. The van der Waals surface area contributed by atoms with E-state index in [1.807, 2.05) is 0 Å². The van der Waals surface area contributed by atoms with Gasteiger partial charge in [0.25, 0.3) is 0 Å². The molecule has 1 saturated heterocycles. The topological polar surface area (TPSA) is 76.6 Å². The van der Waals surface area contributed by atoms with Gasteiger partial charge >= 0.3 is 0 Å². The molecule has 1 unspecified atom stereocenters. The van der Waals surface area contributed by atoms with E-state index >= 15 is 0 Å². The molecule has 1 amide bonds. The molecular weight excluding hydrogens is 476 g/mol. The normalized spacial score (nSPS) is 16.4. The van der Waals surface area contributed by atoms with Crippen molar-refractivity contribution in [2.45, 2.75) is 48.5 Å². The van der Waals surface area contributed by atoms with E-state index in [9.17, 15) is 13.2 Å². The number of benzene rings is 2. The first-order valence-electron chi connectivity index (χ1n) is 11.0. The van der Waals surface area contributed by atoms with E-state index < -0.39 is 9.84 Å². The largest absolute Gasteiger partial charge is 0.376 e. The summed E-state index contributed by atoms with van der Waals surface area (Å²) in [5.74, 6) is 0.887. The van der Waals surface area contributed by atoms with Crippen LogP contribution in [0, 0.1) is 6.92 Å². The Morgan fingerprint density at radius 1 is 1.24 bits per heavy atom. The van der Waals surface area contributed by atoms with Crippen molar-refractivity contribution in [3.8, 4) is 0 Å². The van der Waals surface area contributed by atoms with Crippen LogP contribution in [0.25, 0.3) is 10.2 Å². The highest BCUT2D eigenvalue weighted by Gasteiger charge is 2.26. The lowest BCUT2D eigenvalue weighted by molar-refractivity contribution is -0.119. The molecule has 1 fully saturated rings. The van der Waals surface area contributed by atoms with Crippen LogP contribution in [0.1, 0.15) is 31.2 Å².